The van der Waals surface area contributed by atoms with Crippen LogP contribution in [0, 0.1) is 17.6 Å². The van der Waals surface area contributed by atoms with Gasteiger partial charge in [0.25, 0.3) is 0 Å². The van der Waals surface area contributed by atoms with Crippen LogP contribution in [0.5, 0.6) is 0 Å². The molecule has 6 heteroatoms. The SMILES string of the molecule is CC(C)CCNC(=O)C(=O)Nc1ccc(F)cc1F. The molecule has 0 aliphatic heterocycles. The number of benzene rings is 1. The van der Waals surface area contributed by atoms with E-state index in [0.29, 0.717) is 18.5 Å². The van der Waals surface area contributed by atoms with E-state index in [1.807, 2.05) is 13.8 Å². The number of hydrogen-bond donors (Lipinski definition) is 2. The van der Waals surface area contributed by atoms with Gasteiger partial charge in [-0.05, 0) is 24.5 Å². The Labute approximate surface area is 110 Å². The number of carbonyl (C=O) groups excluding carboxylic acids is 2. The van der Waals surface area contributed by atoms with Crippen molar-refractivity contribution < 1.29 is 18.4 Å². The molecule has 2 amide bonds. The summed E-state index contributed by atoms with van der Waals surface area (Å²) in [6.07, 6.45) is 0.740. The van der Waals surface area contributed by atoms with Crippen molar-refractivity contribution in [1.82, 2.24) is 5.32 Å². The number of halogens is 2. The third kappa shape index (κ3) is 5.03. The molecule has 0 unspecified atom stereocenters. The summed E-state index contributed by atoms with van der Waals surface area (Å²) in [4.78, 5) is 22.8. The Kier molecular flexibility index (Phi) is 5.41. The Morgan fingerprint density at radius 2 is 1.89 bits per heavy atom. The predicted octanol–water partition coefficient (Wildman–Crippen LogP) is 2.07. The standard InChI is InChI=1S/C13H16F2N2O2/c1-8(2)5-6-16-12(18)13(19)17-11-4-3-9(14)7-10(11)15/h3-4,7-8H,5-6H2,1-2H3,(H,16,18)(H,17,19). The number of nitrogens with one attached hydrogen (secondary N) is 2. The molecule has 0 fully saturated rings. The van der Waals surface area contributed by atoms with E-state index in [4.69, 9.17) is 0 Å². The summed E-state index contributed by atoms with van der Waals surface area (Å²) in [6.45, 7) is 4.34. The average Bonchev–Trinajstić information content (AvgIpc) is 2.32. The van der Waals surface area contributed by atoms with Crippen molar-refractivity contribution >= 4 is 17.5 Å². The van der Waals surface area contributed by atoms with Gasteiger partial charge in [-0.3, -0.25) is 9.59 Å². The van der Waals surface area contributed by atoms with Gasteiger partial charge in [-0.25, -0.2) is 8.78 Å². The molecule has 1 aromatic carbocycles. The molecule has 0 saturated carbocycles. The summed E-state index contributed by atoms with van der Waals surface area (Å²) in [5.41, 5.74) is -0.231. The highest BCUT2D eigenvalue weighted by atomic mass is 19.1. The van der Waals surface area contributed by atoms with Gasteiger partial charge in [0.05, 0.1) is 5.69 Å². The molecule has 4 nitrogen and oxygen atoms in total. The first kappa shape index (κ1) is 15.1. The minimum absolute atomic E-state index is 0.231. The fraction of sp³-hybridized carbons (Fsp3) is 0.385. The van der Waals surface area contributed by atoms with Gasteiger partial charge in [-0.2, -0.15) is 0 Å². The maximum absolute atomic E-state index is 13.2. The maximum atomic E-state index is 13.2. The Morgan fingerprint density at radius 1 is 1.21 bits per heavy atom. The highest BCUT2D eigenvalue weighted by molar-refractivity contribution is 6.39. The molecule has 0 radical (unpaired) electrons. The summed E-state index contributed by atoms with van der Waals surface area (Å²) in [5.74, 6) is -3.10. The second-order valence-corrected chi connectivity index (χ2v) is 4.52. The lowest BCUT2D eigenvalue weighted by atomic mass is 10.1. The molecule has 0 heterocycles. The van der Waals surface area contributed by atoms with Gasteiger partial charge in [-0.1, -0.05) is 13.8 Å². The Bertz CT molecular complexity index is 476. The van der Waals surface area contributed by atoms with Gasteiger partial charge in [0.1, 0.15) is 11.6 Å². The van der Waals surface area contributed by atoms with Crippen molar-refractivity contribution in [2.24, 2.45) is 5.92 Å². The largest absolute Gasteiger partial charge is 0.348 e. The average molecular weight is 270 g/mol. The molecule has 0 aliphatic carbocycles. The molecular formula is C13H16F2N2O2. The molecule has 0 atom stereocenters. The molecule has 104 valence electrons. The lowest BCUT2D eigenvalue weighted by Crippen LogP contribution is -2.36. The number of anilines is 1. The van der Waals surface area contributed by atoms with Crippen LogP contribution >= 0.6 is 0 Å². The van der Waals surface area contributed by atoms with E-state index in [1.165, 1.54) is 0 Å². The maximum Gasteiger partial charge on any atom is 0.313 e. The van der Waals surface area contributed by atoms with Crippen molar-refractivity contribution in [2.45, 2.75) is 20.3 Å². The summed E-state index contributed by atoms with van der Waals surface area (Å²) in [7, 11) is 0. The van der Waals surface area contributed by atoms with Crippen LogP contribution in [0.2, 0.25) is 0 Å². The zero-order valence-electron chi connectivity index (χ0n) is 10.8. The van der Waals surface area contributed by atoms with Crippen molar-refractivity contribution in [3.05, 3.63) is 29.8 Å². The highest BCUT2D eigenvalue weighted by Gasteiger charge is 2.15. The number of rotatable bonds is 4. The van der Waals surface area contributed by atoms with E-state index in [0.717, 1.165) is 18.6 Å². The minimum Gasteiger partial charge on any atom is -0.348 e. The molecule has 0 spiro atoms. The van der Waals surface area contributed by atoms with Crippen LogP contribution in [0.15, 0.2) is 18.2 Å². The Hall–Kier alpha value is -1.98. The van der Waals surface area contributed by atoms with Crippen LogP contribution in [0.1, 0.15) is 20.3 Å². The third-order valence-electron chi connectivity index (χ3n) is 2.39. The zero-order chi connectivity index (χ0) is 14.4. The highest BCUT2D eigenvalue weighted by Crippen LogP contribution is 2.14. The minimum atomic E-state index is -0.978. The fourth-order valence-corrected chi connectivity index (χ4v) is 1.32. The Balaban J connectivity index is 2.52. The number of hydrogen-bond acceptors (Lipinski definition) is 2. The lowest BCUT2D eigenvalue weighted by molar-refractivity contribution is -0.136. The van der Waals surface area contributed by atoms with Crippen LogP contribution in [0.25, 0.3) is 0 Å². The molecule has 1 aromatic rings. The topological polar surface area (TPSA) is 58.2 Å². The molecule has 0 bridgehead atoms. The van der Waals surface area contributed by atoms with Crippen LogP contribution < -0.4 is 10.6 Å². The Morgan fingerprint density at radius 3 is 2.47 bits per heavy atom. The number of carbonyl (C=O) groups is 2. The first-order valence-electron chi connectivity index (χ1n) is 5.94. The van der Waals surface area contributed by atoms with Crippen LogP contribution in [0.4, 0.5) is 14.5 Å². The van der Waals surface area contributed by atoms with E-state index in [1.54, 1.807) is 0 Å². The van der Waals surface area contributed by atoms with Gasteiger partial charge in [0.2, 0.25) is 0 Å². The molecule has 0 aliphatic rings. The van der Waals surface area contributed by atoms with Crippen molar-refractivity contribution in [3.63, 3.8) is 0 Å². The molecule has 1 rings (SSSR count). The molecular weight excluding hydrogens is 254 g/mol. The lowest BCUT2D eigenvalue weighted by Gasteiger charge is -2.08. The smallest absolute Gasteiger partial charge is 0.313 e. The summed E-state index contributed by atoms with van der Waals surface area (Å²) in [6, 6.07) is 2.69. The second kappa shape index (κ2) is 6.82. The summed E-state index contributed by atoms with van der Waals surface area (Å²) < 4.78 is 25.9. The molecule has 0 saturated heterocycles. The first-order valence-corrected chi connectivity index (χ1v) is 5.94. The zero-order valence-corrected chi connectivity index (χ0v) is 10.8. The van der Waals surface area contributed by atoms with Gasteiger partial charge in [-0.15, -0.1) is 0 Å². The summed E-state index contributed by atoms with van der Waals surface area (Å²) in [5, 5.41) is 4.50. The van der Waals surface area contributed by atoms with E-state index in [-0.39, 0.29) is 5.69 Å². The van der Waals surface area contributed by atoms with Gasteiger partial charge < -0.3 is 10.6 Å². The van der Waals surface area contributed by atoms with Crippen molar-refractivity contribution in [3.8, 4) is 0 Å². The van der Waals surface area contributed by atoms with E-state index in [2.05, 4.69) is 10.6 Å². The quantitative estimate of drug-likeness (QED) is 0.823. The van der Waals surface area contributed by atoms with Crippen LogP contribution in [-0.4, -0.2) is 18.4 Å². The van der Waals surface area contributed by atoms with Crippen molar-refractivity contribution in [2.75, 3.05) is 11.9 Å². The van der Waals surface area contributed by atoms with E-state index < -0.39 is 23.4 Å². The van der Waals surface area contributed by atoms with Gasteiger partial charge >= 0.3 is 11.8 Å². The predicted molar refractivity (Wildman–Crippen MR) is 67.5 cm³/mol. The number of amides is 2. The normalized spacial score (nSPS) is 10.4. The second-order valence-electron chi connectivity index (χ2n) is 4.52. The molecule has 0 aromatic heterocycles. The van der Waals surface area contributed by atoms with Gasteiger partial charge in [0, 0.05) is 12.6 Å². The van der Waals surface area contributed by atoms with E-state index >= 15 is 0 Å². The monoisotopic (exact) mass is 270 g/mol. The van der Waals surface area contributed by atoms with Crippen LogP contribution in [0.3, 0.4) is 0 Å². The molecule has 2 N–H and O–H groups in total. The first-order chi connectivity index (χ1) is 8.90. The summed E-state index contributed by atoms with van der Waals surface area (Å²) >= 11 is 0. The van der Waals surface area contributed by atoms with Crippen LogP contribution in [-0.2, 0) is 9.59 Å². The molecule has 19 heavy (non-hydrogen) atoms. The fourth-order valence-electron chi connectivity index (χ4n) is 1.32. The van der Waals surface area contributed by atoms with Gasteiger partial charge in [0.15, 0.2) is 0 Å². The third-order valence-corrected chi connectivity index (χ3v) is 2.39. The van der Waals surface area contributed by atoms with Crippen molar-refractivity contribution in [1.29, 1.82) is 0 Å². The van der Waals surface area contributed by atoms with E-state index in [9.17, 15) is 18.4 Å².